The molecule has 0 spiro atoms. The van der Waals surface area contributed by atoms with Crippen LogP contribution < -0.4 is 10.1 Å². The summed E-state index contributed by atoms with van der Waals surface area (Å²) in [7, 11) is 0. The van der Waals surface area contributed by atoms with E-state index in [0.717, 1.165) is 17.7 Å². The fraction of sp³-hybridized carbons (Fsp3) is 0.600. The van der Waals surface area contributed by atoms with Crippen LogP contribution in [-0.2, 0) is 11.2 Å². The van der Waals surface area contributed by atoms with Gasteiger partial charge in [-0.1, -0.05) is 12.1 Å². The van der Waals surface area contributed by atoms with E-state index in [4.69, 9.17) is 4.74 Å². The molecule has 6 heteroatoms. The largest absolute Gasteiger partial charge is 0.494 e. The molecule has 1 aliphatic heterocycles. The average Bonchev–Trinajstić information content (AvgIpc) is 2.81. The number of nitrogens with zero attached hydrogens (tertiary/aromatic N) is 2. The summed E-state index contributed by atoms with van der Waals surface area (Å²) in [6, 6.07) is 7.60. The van der Waals surface area contributed by atoms with Gasteiger partial charge in [-0.05, 0) is 51.8 Å². The fourth-order valence-corrected chi connectivity index (χ4v) is 2.93. The summed E-state index contributed by atoms with van der Waals surface area (Å²) < 4.78 is 5.43. The maximum Gasteiger partial charge on any atom is 0.317 e. The molecule has 1 heterocycles. The molecule has 2 rings (SSSR count). The van der Waals surface area contributed by atoms with E-state index in [-0.39, 0.29) is 17.5 Å². The lowest BCUT2D eigenvalue weighted by Crippen LogP contribution is -2.49. The molecular weight excluding hydrogens is 330 g/mol. The fourth-order valence-electron chi connectivity index (χ4n) is 2.93. The van der Waals surface area contributed by atoms with Crippen molar-refractivity contribution in [3.63, 3.8) is 0 Å². The van der Waals surface area contributed by atoms with Gasteiger partial charge in [0.2, 0.25) is 5.91 Å². The SMILES string of the molecule is CCOc1ccc(CC(=O)N2CCCN(C(=O)NC(C)(C)C)CC2)cc1. The van der Waals surface area contributed by atoms with Crippen LogP contribution in [0.25, 0.3) is 0 Å². The molecule has 144 valence electrons. The van der Waals surface area contributed by atoms with E-state index in [2.05, 4.69) is 5.32 Å². The van der Waals surface area contributed by atoms with Crippen molar-refractivity contribution in [1.29, 1.82) is 0 Å². The Morgan fingerprint density at radius 3 is 2.27 bits per heavy atom. The van der Waals surface area contributed by atoms with Crippen LogP contribution >= 0.6 is 0 Å². The third-order valence-electron chi connectivity index (χ3n) is 4.21. The number of ether oxygens (including phenoxy) is 1. The zero-order chi connectivity index (χ0) is 19.2. The Kier molecular flexibility index (Phi) is 6.89. The summed E-state index contributed by atoms with van der Waals surface area (Å²) in [5.74, 6) is 0.922. The number of nitrogens with one attached hydrogen (secondary N) is 1. The van der Waals surface area contributed by atoms with Crippen molar-refractivity contribution in [2.75, 3.05) is 32.8 Å². The molecule has 0 saturated carbocycles. The molecule has 1 aromatic carbocycles. The minimum absolute atomic E-state index is 0.0571. The second-order valence-electron chi connectivity index (χ2n) is 7.66. The quantitative estimate of drug-likeness (QED) is 0.897. The van der Waals surface area contributed by atoms with Crippen LogP contribution in [0.4, 0.5) is 4.79 Å². The van der Waals surface area contributed by atoms with Gasteiger partial charge in [-0.15, -0.1) is 0 Å². The lowest BCUT2D eigenvalue weighted by atomic mass is 10.1. The van der Waals surface area contributed by atoms with Crippen molar-refractivity contribution in [3.05, 3.63) is 29.8 Å². The highest BCUT2D eigenvalue weighted by molar-refractivity contribution is 5.79. The van der Waals surface area contributed by atoms with E-state index in [9.17, 15) is 9.59 Å². The van der Waals surface area contributed by atoms with Gasteiger partial charge in [0.25, 0.3) is 0 Å². The molecule has 1 N–H and O–H groups in total. The summed E-state index contributed by atoms with van der Waals surface area (Å²) in [6.45, 7) is 11.0. The smallest absolute Gasteiger partial charge is 0.317 e. The highest BCUT2D eigenvalue weighted by Gasteiger charge is 2.24. The van der Waals surface area contributed by atoms with Crippen molar-refractivity contribution >= 4 is 11.9 Å². The van der Waals surface area contributed by atoms with Gasteiger partial charge in [0.1, 0.15) is 5.75 Å². The number of benzene rings is 1. The zero-order valence-corrected chi connectivity index (χ0v) is 16.4. The van der Waals surface area contributed by atoms with E-state index in [0.29, 0.717) is 39.2 Å². The predicted molar refractivity (Wildman–Crippen MR) is 102 cm³/mol. The molecule has 1 aromatic rings. The van der Waals surface area contributed by atoms with E-state index < -0.39 is 0 Å². The van der Waals surface area contributed by atoms with Gasteiger partial charge in [0, 0.05) is 31.7 Å². The third kappa shape index (κ3) is 6.24. The lowest BCUT2D eigenvalue weighted by molar-refractivity contribution is -0.130. The van der Waals surface area contributed by atoms with Gasteiger partial charge in [0.05, 0.1) is 13.0 Å². The lowest BCUT2D eigenvalue weighted by Gasteiger charge is -2.27. The summed E-state index contributed by atoms with van der Waals surface area (Å²) in [4.78, 5) is 28.6. The Bertz CT molecular complexity index is 608. The van der Waals surface area contributed by atoms with Crippen LogP contribution in [0, 0.1) is 0 Å². The van der Waals surface area contributed by atoms with Gasteiger partial charge in [-0.3, -0.25) is 4.79 Å². The molecule has 6 nitrogen and oxygen atoms in total. The maximum atomic E-state index is 12.6. The first-order chi connectivity index (χ1) is 12.3. The molecule has 3 amide bonds. The third-order valence-corrected chi connectivity index (χ3v) is 4.21. The molecule has 1 saturated heterocycles. The Labute approximate surface area is 156 Å². The monoisotopic (exact) mass is 361 g/mol. The van der Waals surface area contributed by atoms with Crippen molar-refractivity contribution < 1.29 is 14.3 Å². The summed E-state index contributed by atoms with van der Waals surface area (Å²) >= 11 is 0. The summed E-state index contributed by atoms with van der Waals surface area (Å²) in [5.41, 5.74) is 0.719. The van der Waals surface area contributed by atoms with Crippen molar-refractivity contribution in [2.45, 2.75) is 46.1 Å². The maximum absolute atomic E-state index is 12.6. The van der Waals surface area contributed by atoms with E-state index >= 15 is 0 Å². The van der Waals surface area contributed by atoms with Crippen LogP contribution in [0.1, 0.15) is 39.7 Å². The molecule has 0 bridgehead atoms. The Morgan fingerprint density at radius 1 is 1.04 bits per heavy atom. The van der Waals surface area contributed by atoms with Gasteiger partial charge in [0.15, 0.2) is 0 Å². The van der Waals surface area contributed by atoms with Crippen LogP contribution in [0.3, 0.4) is 0 Å². The summed E-state index contributed by atoms with van der Waals surface area (Å²) in [5, 5.41) is 2.99. The number of carbonyl (C=O) groups is 2. The van der Waals surface area contributed by atoms with Gasteiger partial charge >= 0.3 is 6.03 Å². The first kappa shape index (κ1) is 20.1. The molecule has 26 heavy (non-hydrogen) atoms. The van der Waals surface area contributed by atoms with E-state index in [1.54, 1.807) is 4.90 Å². The van der Waals surface area contributed by atoms with Crippen molar-refractivity contribution in [3.8, 4) is 5.75 Å². The summed E-state index contributed by atoms with van der Waals surface area (Å²) in [6.07, 6.45) is 1.17. The highest BCUT2D eigenvalue weighted by Crippen LogP contribution is 2.14. The van der Waals surface area contributed by atoms with Gasteiger partial charge < -0.3 is 19.9 Å². The van der Waals surface area contributed by atoms with E-state index in [1.165, 1.54) is 0 Å². The van der Waals surface area contributed by atoms with Crippen molar-refractivity contribution in [2.24, 2.45) is 0 Å². The minimum atomic E-state index is -0.257. The molecule has 0 atom stereocenters. The minimum Gasteiger partial charge on any atom is -0.494 e. The molecule has 1 aliphatic rings. The number of rotatable bonds is 4. The van der Waals surface area contributed by atoms with E-state index in [1.807, 2.05) is 56.9 Å². The topological polar surface area (TPSA) is 61.9 Å². The first-order valence-electron chi connectivity index (χ1n) is 9.35. The van der Waals surface area contributed by atoms with Gasteiger partial charge in [-0.25, -0.2) is 4.79 Å². The van der Waals surface area contributed by atoms with Crippen molar-refractivity contribution in [1.82, 2.24) is 15.1 Å². The molecule has 0 unspecified atom stereocenters. The first-order valence-corrected chi connectivity index (χ1v) is 9.35. The average molecular weight is 361 g/mol. The number of hydrogen-bond donors (Lipinski definition) is 1. The van der Waals surface area contributed by atoms with Crippen LogP contribution in [0.2, 0.25) is 0 Å². The Balaban J connectivity index is 1.87. The number of urea groups is 1. The highest BCUT2D eigenvalue weighted by atomic mass is 16.5. The zero-order valence-electron chi connectivity index (χ0n) is 16.4. The van der Waals surface area contributed by atoms with Crippen LogP contribution in [0.15, 0.2) is 24.3 Å². The number of amides is 3. The Hall–Kier alpha value is -2.24. The predicted octanol–water partition coefficient (Wildman–Crippen LogP) is 2.67. The number of carbonyl (C=O) groups excluding carboxylic acids is 2. The molecule has 0 radical (unpaired) electrons. The molecule has 0 aliphatic carbocycles. The molecule has 0 aromatic heterocycles. The molecule has 1 fully saturated rings. The number of hydrogen-bond acceptors (Lipinski definition) is 3. The molecular formula is C20H31N3O3. The second kappa shape index (κ2) is 8.92. The van der Waals surface area contributed by atoms with Crippen LogP contribution in [0.5, 0.6) is 5.75 Å². The van der Waals surface area contributed by atoms with Gasteiger partial charge in [-0.2, -0.15) is 0 Å². The second-order valence-corrected chi connectivity index (χ2v) is 7.66. The van der Waals surface area contributed by atoms with Crippen LogP contribution in [-0.4, -0.2) is 60.1 Å². The normalized spacial score (nSPS) is 15.4. The standard InChI is InChI=1S/C20H31N3O3/c1-5-26-17-9-7-16(8-10-17)15-18(24)22-11-6-12-23(14-13-22)19(25)21-20(2,3)4/h7-10H,5-6,11-15H2,1-4H3,(H,21,25). The Morgan fingerprint density at radius 2 is 1.65 bits per heavy atom.